The summed E-state index contributed by atoms with van der Waals surface area (Å²) >= 11 is 0. The molecule has 0 aromatic carbocycles. The van der Waals surface area contributed by atoms with Crippen molar-refractivity contribution in [3.63, 3.8) is 0 Å². The molecule has 1 aliphatic rings. The highest BCUT2D eigenvalue weighted by molar-refractivity contribution is 5.39. The first-order chi connectivity index (χ1) is 8.81. The summed E-state index contributed by atoms with van der Waals surface area (Å²) in [6, 6.07) is 1.98. The van der Waals surface area contributed by atoms with E-state index in [1.807, 2.05) is 0 Å². The fourth-order valence-electron chi connectivity index (χ4n) is 2.31. The predicted molar refractivity (Wildman–Crippen MR) is 70.0 cm³/mol. The smallest absolute Gasteiger partial charge is 0.252 e. The highest BCUT2D eigenvalue weighted by Crippen LogP contribution is 2.21. The molecule has 1 aliphatic heterocycles. The van der Waals surface area contributed by atoms with Crippen LogP contribution in [0, 0.1) is 0 Å². The van der Waals surface area contributed by atoms with Gasteiger partial charge in [-0.25, -0.2) is 4.98 Å². The van der Waals surface area contributed by atoms with Gasteiger partial charge in [-0.3, -0.25) is 4.79 Å². The maximum absolute atomic E-state index is 11.3. The van der Waals surface area contributed by atoms with Gasteiger partial charge >= 0.3 is 0 Å². The van der Waals surface area contributed by atoms with Crippen LogP contribution in [0.1, 0.15) is 12.8 Å². The van der Waals surface area contributed by atoms with E-state index in [1.54, 1.807) is 13.2 Å². The number of hydrogen-bond donors (Lipinski definition) is 2. The van der Waals surface area contributed by atoms with E-state index in [1.165, 1.54) is 6.33 Å². The number of rotatable bonds is 6. The van der Waals surface area contributed by atoms with Gasteiger partial charge in [0.05, 0.1) is 12.9 Å². The molecule has 6 heteroatoms. The van der Waals surface area contributed by atoms with Gasteiger partial charge in [0.2, 0.25) is 0 Å². The second-order valence-corrected chi connectivity index (χ2v) is 4.46. The maximum atomic E-state index is 11.3. The highest BCUT2D eigenvalue weighted by Gasteiger charge is 2.25. The van der Waals surface area contributed by atoms with Gasteiger partial charge in [-0.2, -0.15) is 0 Å². The van der Waals surface area contributed by atoms with E-state index in [2.05, 4.69) is 20.2 Å². The SMILES string of the molecule is COCCNCC1CCCN1c1cc(=O)[nH]cn1. The van der Waals surface area contributed by atoms with Crippen molar-refractivity contribution >= 4 is 5.82 Å². The summed E-state index contributed by atoms with van der Waals surface area (Å²) in [6.45, 7) is 3.44. The lowest BCUT2D eigenvalue weighted by Crippen LogP contribution is -2.39. The molecule has 0 radical (unpaired) electrons. The van der Waals surface area contributed by atoms with Crippen LogP contribution in [0.15, 0.2) is 17.2 Å². The van der Waals surface area contributed by atoms with Crippen molar-refractivity contribution in [2.45, 2.75) is 18.9 Å². The molecule has 1 atom stereocenters. The van der Waals surface area contributed by atoms with Crippen LogP contribution in [0.4, 0.5) is 5.82 Å². The summed E-state index contributed by atoms with van der Waals surface area (Å²) in [5.41, 5.74) is -0.0991. The average Bonchev–Trinajstić information content (AvgIpc) is 2.83. The summed E-state index contributed by atoms with van der Waals surface area (Å²) < 4.78 is 5.00. The van der Waals surface area contributed by atoms with Crippen LogP contribution in [-0.2, 0) is 4.74 Å². The molecule has 1 aromatic rings. The van der Waals surface area contributed by atoms with E-state index in [-0.39, 0.29) is 5.56 Å². The number of aromatic amines is 1. The molecule has 18 heavy (non-hydrogen) atoms. The zero-order valence-electron chi connectivity index (χ0n) is 10.7. The first-order valence-electron chi connectivity index (χ1n) is 6.32. The largest absolute Gasteiger partial charge is 0.383 e. The third-order valence-corrected chi connectivity index (χ3v) is 3.20. The fraction of sp³-hybridized carbons (Fsp3) is 0.667. The van der Waals surface area contributed by atoms with Crippen LogP contribution in [0.3, 0.4) is 0 Å². The van der Waals surface area contributed by atoms with Gasteiger partial charge in [0.15, 0.2) is 0 Å². The third-order valence-electron chi connectivity index (χ3n) is 3.20. The third kappa shape index (κ3) is 3.30. The van der Waals surface area contributed by atoms with Crippen molar-refractivity contribution in [2.75, 3.05) is 38.3 Å². The molecule has 1 fully saturated rings. The van der Waals surface area contributed by atoms with Gasteiger partial charge in [0.25, 0.3) is 5.56 Å². The van der Waals surface area contributed by atoms with Crippen LogP contribution in [0.25, 0.3) is 0 Å². The number of methoxy groups -OCH3 is 1. The molecule has 6 nitrogen and oxygen atoms in total. The Bertz CT molecular complexity index is 421. The molecule has 0 bridgehead atoms. The minimum Gasteiger partial charge on any atom is -0.383 e. The molecule has 2 rings (SSSR count). The first kappa shape index (κ1) is 13.0. The molecule has 0 saturated carbocycles. The molecule has 1 saturated heterocycles. The Hall–Kier alpha value is -1.40. The Balaban J connectivity index is 1.93. The zero-order valence-corrected chi connectivity index (χ0v) is 10.7. The van der Waals surface area contributed by atoms with Crippen LogP contribution in [0.2, 0.25) is 0 Å². The minimum atomic E-state index is -0.0991. The summed E-state index contributed by atoms with van der Waals surface area (Å²) in [5, 5.41) is 3.36. The maximum Gasteiger partial charge on any atom is 0.252 e. The Morgan fingerprint density at radius 3 is 3.33 bits per heavy atom. The quantitative estimate of drug-likeness (QED) is 0.696. The number of ether oxygens (including phenoxy) is 1. The standard InChI is InChI=1S/C12H20N4O2/c1-18-6-4-13-8-10-3-2-5-16(10)11-7-12(17)15-9-14-11/h7,9-10,13H,2-6,8H2,1H3,(H,14,15,17). The van der Waals surface area contributed by atoms with Gasteiger partial charge in [-0.05, 0) is 12.8 Å². The van der Waals surface area contributed by atoms with Crippen LogP contribution < -0.4 is 15.8 Å². The normalized spacial score (nSPS) is 19.4. The van der Waals surface area contributed by atoms with E-state index in [9.17, 15) is 4.79 Å². The van der Waals surface area contributed by atoms with E-state index < -0.39 is 0 Å². The van der Waals surface area contributed by atoms with E-state index in [4.69, 9.17) is 4.74 Å². The van der Waals surface area contributed by atoms with Gasteiger partial charge in [-0.1, -0.05) is 0 Å². The molecule has 1 aromatic heterocycles. The summed E-state index contributed by atoms with van der Waals surface area (Å²) in [7, 11) is 1.70. The molecular weight excluding hydrogens is 232 g/mol. The van der Waals surface area contributed by atoms with E-state index in [0.29, 0.717) is 6.04 Å². The summed E-state index contributed by atoms with van der Waals surface area (Å²) in [6.07, 6.45) is 3.74. The fourth-order valence-corrected chi connectivity index (χ4v) is 2.31. The molecule has 0 amide bonds. The van der Waals surface area contributed by atoms with Crippen molar-refractivity contribution in [2.24, 2.45) is 0 Å². The van der Waals surface area contributed by atoms with Gasteiger partial charge in [0, 0.05) is 38.9 Å². The predicted octanol–water partition coefficient (Wildman–Crippen LogP) is -0.0253. The topological polar surface area (TPSA) is 70.2 Å². The molecule has 0 aliphatic carbocycles. The number of hydrogen-bond acceptors (Lipinski definition) is 5. The van der Waals surface area contributed by atoms with Crippen molar-refractivity contribution in [1.29, 1.82) is 0 Å². The van der Waals surface area contributed by atoms with Crippen molar-refractivity contribution < 1.29 is 4.74 Å². The van der Waals surface area contributed by atoms with Crippen molar-refractivity contribution in [3.05, 3.63) is 22.7 Å². The average molecular weight is 252 g/mol. The Labute approximate surface area is 106 Å². The zero-order chi connectivity index (χ0) is 12.8. The van der Waals surface area contributed by atoms with Crippen molar-refractivity contribution in [3.8, 4) is 0 Å². The number of aromatic nitrogens is 2. The second-order valence-electron chi connectivity index (χ2n) is 4.46. The van der Waals surface area contributed by atoms with Crippen molar-refractivity contribution in [1.82, 2.24) is 15.3 Å². The lowest BCUT2D eigenvalue weighted by Gasteiger charge is -2.25. The number of anilines is 1. The van der Waals surface area contributed by atoms with Crippen LogP contribution >= 0.6 is 0 Å². The second kappa shape index (κ2) is 6.51. The summed E-state index contributed by atoms with van der Waals surface area (Å²) in [5.74, 6) is 0.773. The number of H-pyrrole nitrogens is 1. The Morgan fingerprint density at radius 1 is 1.67 bits per heavy atom. The molecule has 100 valence electrons. The minimum absolute atomic E-state index is 0.0991. The molecular formula is C12H20N4O2. The van der Waals surface area contributed by atoms with E-state index in [0.717, 1.165) is 44.9 Å². The van der Waals surface area contributed by atoms with Crippen LogP contribution in [-0.4, -0.2) is 49.4 Å². The van der Waals surface area contributed by atoms with Gasteiger partial charge in [0.1, 0.15) is 5.82 Å². The van der Waals surface area contributed by atoms with Gasteiger partial charge in [-0.15, -0.1) is 0 Å². The Kier molecular flexibility index (Phi) is 4.72. The molecule has 1 unspecified atom stereocenters. The molecule has 0 spiro atoms. The number of nitrogens with zero attached hydrogens (tertiary/aromatic N) is 2. The molecule has 2 N–H and O–H groups in total. The van der Waals surface area contributed by atoms with Gasteiger partial charge < -0.3 is 19.9 Å². The molecule has 2 heterocycles. The lowest BCUT2D eigenvalue weighted by molar-refractivity contribution is 0.199. The van der Waals surface area contributed by atoms with E-state index >= 15 is 0 Å². The van der Waals surface area contributed by atoms with Crippen LogP contribution in [0.5, 0.6) is 0 Å². The summed E-state index contributed by atoms with van der Waals surface area (Å²) in [4.78, 5) is 20.3. The first-order valence-corrected chi connectivity index (χ1v) is 6.32. The lowest BCUT2D eigenvalue weighted by atomic mass is 10.2. The Morgan fingerprint density at radius 2 is 2.56 bits per heavy atom. The number of nitrogens with one attached hydrogen (secondary N) is 2. The highest BCUT2D eigenvalue weighted by atomic mass is 16.5. The monoisotopic (exact) mass is 252 g/mol.